The Morgan fingerprint density at radius 1 is 1.28 bits per heavy atom. The van der Waals surface area contributed by atoms with E-state index in [2.05, 4.69) is 4.98 Å². The Morgan fingerprint density at radius 2 is 2.12 bits per heavy atom. The van der Waals surface area contributed by atoms with Gasteiger partial charge in [-0.05, 0) is 49.1 Å². The molecule has 2 aromatic rings. The molecule has 1 aromatic heterocycles. The summed E-state index contributed by atoms with van der Waals surface area (Å²) in [5, 5.41) is 0. The van der Waals surface area contributed by atoms with Gasteiger partial charge in [-0.3, -0.25) is 0 Å². The monoisotopic (exact) mass is 345 g/mol. The molecule has 0 saturated carbocycles. The fraction of sp³-hybridized carbons (Fsp3) is 0.368. The van der Waals surface area contributed by atoms with Gasteiger partial charge >= 0.3 is 5.97 Å². The van der Waals surface area contributed by atoms with Gasteiger partial charge in [-0.1, -0.05) is 0 Å². The Balaban J connectivity index is 1.91. The van der Waals surface area contributed by atoms with Gasteiger partial charge in [-0.15, -0.1) is 0 Å². The highest BCUT2D eigenvalue weighted by Crippen LogP contribution is 2.44. The second-order valence-electron chi connectivity index (χ2n) is 6.29. The molecule has 3 heterocycles. The van der Waals surface area contributed by atoms with Crippen LogP contribution in [-0.4, -0.2) is 23.7 Å². The zero-order valence-electron chi connectivity index (χ0n) is 13.7. The average Bonchev–Trinajstić information content (AvgIpc) is 2.97. The van der Waals surface area contributed by atoms with Gasteiger partial charge in [-0.2, -0.15) is 0 Å². The molecule has 25 heavy (non-hydrogen) atoms. The van der Waals surface area contributed by atoms with E-state index in [-0.39, 0.29) is 30.1 Å². The van der Waals surface area contributed by atoms with Gasteiger partial charge in [0.1, 0.15) is 23.4 Å². The molecule has 0 spiro atoms. The van der Waals surface area contributed by atoms with Crippen LogP contribution >= 0.6 is 0 Å². The molecule has 2 atom stereocenters. The fourth-order valence-corrected chi connectivity index (χ4v) is 3.61. The number of carbonyl (C=O) groups excluding carboxylic acids is 1. The van der Waals surface area contributed by atoms with E-state index < -0.39 is 17.6 Å². The smallest absolute Gasteiger partial charge is 0.356 e. The largest absolute Gasteiger partial charge is 0.461 e. The lowest BCUT2D eigenvalue weighted by atomic mass is 9.92. The van der Waals surface area contributed by atoms with E-state index in [0.29, 0.717) is 17.7 Å². The molecule has 0 N–H and O–H groups in total. The molecule has 4 nitrogen and oxygen atoms in total. The van der Waals surface area contributed by atoms with Crippen LogP contribution in [0.3, 0.4) is 0 Å². The maximum absolute atomic E-state index is 14.4. The summed E-state index contributed by atoms with van der Waals surface area (Å²) in [6.45, 7) is 1.93. The summed E-state index contributed by atoms with van der Waals surface area (Å²) in [7, 11) is 0. The zero-order valence-corrected chi connectivity index (χ0v) is 13.7. The predicted octanol–water partition coefficient (Wildman–Crippen LogP) is 3.98. The third kappa shape index (κ3) is 2.80. The first-order valence-electron chi connectivity index (χ1n) is 8.38. The van der Waals surface area contributed by atoms with Crippen LogP contribution in [0.4, 0.5) is 8.78 Å². The van der Waals surface area contributed by atoms with Gasteiger partial charge in [0.25, 0.3) is 0 Å². The van der Waals surface area contributed by atoms with E-state index in [1.165, 1.54) is 18.2 Å². The van der Waals surface area contributed by atoms with Crippen LogP contribution < -0.4 is 0 Å². The molecule has 0 radical (unpaired) electrons. The van der Waals surface area contributed by atoms with Gasteiger partial charge in [0, 0.05) is 18.1 Å². The molecule has 2 aliphatic heterocycles. The van der Waals surface area contributed by atoms with E-state index in [9.17, 15) is 13.6 Å². The van der Waals surface area contributed by atoms with E-state index in [0.717, 1.165) is 24.5 Å². The Hall–Kier alpha value is -2.34. The lowest BCUT2D eigenvalue weighted by molar-refractivity contribution is 0.0291. The summed E-state index contributed by atoms with van der Waals surface area (Å²) in [4.78, 5) is 16.6. The Bertz CT molecular complexity index is 853. The van der Waals surface area contributed by atoms with Crippen LogP contribution in [0.25, 0.3) is 11.1 Å². The number of hydrogen-bond donors (Lipinski definition) is 0. The lowest BCUT2D eigenvalue weighted by Crippen LogP contribution is -2.22. The molecule has 1 fully saturated rings. The number of ether oxygens (including phenoxy) is 2. The standard InChI is InChI=1S/C19H17F2NO3/c1-2-24-19(23)16-9-13(12-5-3-10(20)7-15(12)21)14-8-11-4-6-17(25-11)18(14)22-16/h3,5,7,9,11,17H,2,4,6,8H2,1H3. The second kappa shape index (κ2) is 6.19. The summed E-state index contributed by atoms with van der Waals surface area (Å²) in [5.74, 6) is -1.87. The number of benzene rings is 1. The van der Waals surface area contributed by atoms with E-state index in [1.54, 1.807) is 6.92 Å². The molecule has 0 aliphatic carbocycles. The Morgan fingerprint density at radius 3 is 2.88 bits per heavy atom. The van der Waals surface area contributed by atoms with Crippen molar-refractivity contribution in [3.05, 3.63) is 52.9 Å². The van der Waals surface area contributed by atoms with Gasteiger partial charge in [-0.25, -0.2) is 18.6 Å². The van der Waals surface area contributed by atoms with Crippen LogP contribution in [0.1, 0.15) is 47.6 Å². The van der Waals surface area contributed by atoms with Crippen LogP contribution in [0.2, 0.25) is 0 Å². The summed E-state index contributed by atoms with van der Waals surface area (Å²) < 4.78 is 38.6. The number of esters is 1. The Kier molecular flexibility index (Phi) is 4.00. The summed E-state index contributed by atoms with van der Waals surface area (Å²) in [6.07, 6.45) is 2.22. The van der Waals surface area contributed by atoms with Crippen molar-refractivity contribution < 1.29 is 23.0 Å². The molecule has 4 rings (SSSR count). The fourth-order valence-electron chi connectivity index (χ4n) is 3.61. The van der Waals surface area contributed by atoms with E-state index in [1.807, 2.05) is 0 Å². The van der Waals surface area contributed by atoms with Gasteiger partial charge < -0.3 is 9.47 Å². The molecular formula is C19H17F2NO3. The maximum Gasteiger partial charge on any atom is 0.356 e. The van der Waals surface area contributed by atoms with Gasteiger partial charge in [0.15, 0.2) is 0 Å². The molecule has 1 saturated heterocycles. The molecule has 2 aliphatic rings. The lowest BCUT2D eigenvalue weighted by Gasteiger charge is -2.26. The number of carbonyl (C=O) groups is 1. The van der Waals surface area contributed by atoms with Crippen LogP contribution in [0.15, 0.2) is 24.3 Å². The van der Waals surface area contributed by atoms with Crippen molar-refractivity contribution in [1.29, 1.82) is 0 Å². The number of pyridine rings is 1. The molecule has 2 bridgehead atoms. The van der Waals surface area contributed by atoms with Crippen molar-refractivity contribution in [3.63, 3.8) is 0 Å². The first kappa shape index (κ1) is 16.1. The molecule has 1 aromatic carbocycles. The number of aromatic nitrogens is 1. The third-order valence-electron chi connectivity index (χ3n) is 4.71. The number of hydrogen-bond acceptors (Lipinski definition) is 4. The first-order chi connectivity index (χ1) is 12.1. The minimum Gasteiger partial charge on any atom is -0.461 e. The SMILES string of the molecule is CCOC(=O)c1cc(-c2ccc(F)cc2F)c2c(n1)C1CCC(C2)O1. The highest BCUT2D eigenvalue weighted by atomic mass is 19.1. The topological polar surface area (TPSA) is 48.4 Å². The summed E-state index contributed by atoms with van der Waals surface area (Å²) in [6, 6.07) is 4.99. The zero-order chi connectivity index (χ0) is 17.6. The van der Waals surface area contributed by atoms with Crippen molar-refractivity contribution in [2.24, 2.45) is 0 Å². The number of fused-ring (bicyclic) bond motifs is 4. The van der Waals surface area contributed by atoms with Gasteiger partial charge in [0.2, 0.25) is 0 Å². The first-order valence-corrected chi connectivity index (χ1v) is 8.38. The molecule has 2 unspecified atom stereocenters. The predicted molar refractivity (Wildman–Crippen MR) is 86.1 cm³/mol. The van der Waals surface area contributed by atoms with Crippen molar-refractivity contribution in [2.45, 2.75) is 38.4 Å². The van der Waals surface area contributed by atoms with Crippen molar-refractivity contribution in [2.75, 3.05) is 6.61 Å². The molecular weight excluding hydrogens is 328 g/mol. The average molecular weight is 345 g/mol. The number of rotatable bonds is 3. The molecule has 130 valence electrons. The van der Waals surface area contributed by atoms with Crippen LogP contribution in [-0.2, 0) is 15.9 Å². The van der Waals surface area contributed by atoms with E-state index in [4.69, 9.17) is 9.47 Å². The van der Waals surface area contributed by atoms with Crippen molar-refractivity contribution in [1.82, 2.24) is 4.98 Å². The third-order valence-corrected chi connectivity index (χ3v) is 4.71. The van der Waals surface area contributed by atoms with Crippen LogP contribution in [0, 0.1) is 11.6 Å². The highest BCUT2D eigenvalue weighted by Gasteiger charge is 2.37. The quantitative estimate of drug-likeness (QED) is 0.790. The molecule has 6 heteroatoms. The van der Waals surface area contributed by atoms with Crippen molar-refractivity contribution >= 4 is 5.97 Å². The van der Waals surface area contributed by atoms with Crippen molar-refractivity contribution in [3.8, 4) is 11.1 Å². The van der Waals surface area contributed by atoms with E-state index >= 15 is 0 Å². The number of halogens is 2. The maximum atomic E-state index is 14.4. The minimum absolute atomic E-state index is 0.0787. The summed E-state index contributed by atoms with van der Waals surface area (Å²) in [5.41, 5.74) is 2.47. The highest BCUT2D eigenvalue weighted by molar-refractivity contribution is 5.89. The van der Waals surface area contributed by atoms with Crippen LogP contribution in [0.5, 0.6) is 0 Å². The second-order valence-corrected chi connectivity index (χ2v) is 6.29. The number of nitrogens with zero attached hydrogens (tertiary/aromatic N) is 1. The Labute approximate surface area is 143 Å². The normalized spacial score (nSPS) is 21.1. The van der Waals surface area contributed by atoms with Gasteiger partial charge in [0.05, 0.1) is 18.4 Å². The minimum atomic E-state index is -0.665. The summed E-state index contributed by atoms with van der Waals surface area (Å²) >= 11 is 0. The molecule has 0 amide bonds.